The summed E-state index contributed by atoms with van der Waals surface area (Å²) in [4.78, 5) is 2.39. The number of rotatable bonds is 7. The van der Waals surface area contributed by atoms with Gasteiger partial charge in [0.25, 0.3) is 0 Å². The molecule has 0 bridgehead atoms. The molecule has 0 spiro atoms. The van der Waals surface area contributed by atoms with Gasteiger partial charge in [-0.2, -0.15) is 0 Å². The van der Waals surface area contributed by atoms with Crippen molar-refractivity contribution in [2.45, 2.75) is 12.3 Å². The van der Waals surface area contributed by atoms with Crippen LogP contribution in [0, 0.1) is 0 Å². The number of furan rings is 1. The van der Waals surface area contributed by atoms with Crippen LogP contribution < -0.4 is 4.90 Å². The molecule has 0 saturated carbocycles. The van der Waals surface area contributed by atoms with Gasteiger partial charge in [0, 0.05) is 55.7 Å². The van der Waals surface area contributed by atoms with Gasteiger partial charge in [0.15, 0.2) is 0 Å². The molecule has 0 aliphatic heterocycles. The van der Waals surface area contributed by atoms with Crippen molar-refractivity contribution < 1.29 is 4.42 Å². The van der Waals surface area contributed by atoms with Crippen LogP contribution in [0.3, 0.4) is 0 Å². The van der Waals surface area contributed by atoms with Crippen LogP contribution in [0.15, 0.2) is 229 Å². The zero-order chi connectivity index (χ0) is 40.3. The van der Waals surface area contributed by atoms with Gasteiger partial charge in [-0.05, 0) is 94.6 Å². The Morgan fingerprint density at radius 1 is 0.475 bits per heavy atom. The molecule has 12 rings (SSSR count). The molecule has 2 aromatic heterocycles. The summed E-state index contributed by atoms with van der Waals surface area (Å²) in [6.45, 7) is 0. The number of hydrogen-bond acceptors (Lipinski definition) is 2. The van der Waals surface area contributed by atoms with E-state index in [0.29, 0.717) is 0 Å². The number of anilines is 3. The Morgan fingerprint density at radius 2 is 1.07 bits per heavy atom. The lowest BCUT2D eigenvalue weighted by Crippen LogP contribution is -2.12. The number of fused-ring (bicyclic) bond motifs is 7. The summed E-state index contributed by atoms with van der Waals surface area (Å²) in [6, 6.07) is 74.5. The number of allylic oxidation sites excluding steroid dienone is 4. The van der Waals surface area contributed by atoms with E-state index in [9.17, 15) is 0 Å². The van der Waals surface area contributed by atoms with Gasteiger partial charge in [-0.25, -0.2) is 0 Å². The normalized spacial score (nSPS) is 14.0. The lowest BCUT2D eigenvalue weighted by molar-refractivity contribution is 0.670. The Labute approximate surface area is 354 Å². The highest BCUT2D eigenvalue weighted by molar-refractivity contribution is 6.14. The van der Waals surface area contributed by atoms with E-state index < -0.39 is 0 Å². The Morgan fingerprint density at radius 3 is 1.82 bits per heavy atom. The Hall–Kier alpha value is -7.88. The first kappa shape index (κ1) is 35.1. The van der Waals surface area contributed by atoms with E-state index in [0.717, 1.165) is 56.5 Å². The van der Waals surface area contributed by atoms with Crippen LogP contribution >= 0.6 is 0 Å². The zero-order valence-electron chi connectivity index (χ0n) is 33.4. The van der Waals surface area contributed by atoms with E-state index in [1.54, 1.807) is 0 Å². The standard InChI is InChI=1S/C58H40N2O/c1-2-14-39(15-3-1)40-28-32-45(33-29-40)59(54-25-9-8-22-50(54)51-23-13-24-52-53-37-43-16-4-5-17-44(43)38-57(53)61-58(51)52)46-34-30-41(31-35-46)42-18-12-19-47(36-42)60-55-26-10-6-20-48(55)49-21-7-11-27-56(49)60/h1-35,37-38,42H,36H2. The lowest BCUT2D eigenvalue weighted by atomic mass is 9.90. The van der Waals surface area contributed by atoms with Crippen LogP contribution in [0.5, 0.6) is 0 Å². The molecule has 11 aromatic rings. The minimum atomic E-state index is 0.238. The highest BCUT2D eigenvalue weighted by Crippen LogP contribution is 2.46. The van der Waals surface area contributed by atoms with Crippen molar-refractivity contribution in [3.8, 4) is 22.3 Å². The largest absolute Gasteiger partial charge is 0.455 e. The fourth-order valence-corrected chi connectivity index (χ4v) is 9.61. The zero-order valence-corrected chi connectivity index (χ0v) is 33.4. The first-order valence-electron chi connectivity index (χ1n) is 21.1. The first-order valence-corrected chi connectivity index (χ1v) is 21.1. The minimum absolute atomic E-state index is 0.238. The second kappa shape index (κ2) is 14.4. The van der Waals surface area contributed by atoms with Crippen molar-refractivity contribution in [3.05, 3.63) is 230 Å². The highest BCUT2D eigenvalue weighted by atomic mass is 16.3. The van der Waals surface area contributed by atoms with Crippen molar-refractivity contribution in [1.29, 1.82) is 0 Å². The van der Waals surface area contributed by atoms with E-state index in [1.165, 1.54) is 55.0 Å². The van der Waals surface area contributed by atoms with E-state index in [2.05, 4.69) is 234 Å². The second-order valence-electron chi connectivity index (χ2n) is 16.1. The van der Waals surface area contributed by atoms with Gasteiger partial charge in [0.2, 0.25) is 0 Å². The Balaban J connectivity index is 0.953. The van der Waals surface area contributed by atoms with Crippen LogP contribution in [0.25, 0.3) is 82.5 Å². The summed E-state index contributed by atoms with van der Waals surface area (Å²) in [7, 11) is 0. The van der Waals surface area contributed by atoms with Crippen molar-refractivity contribution in [2.75, 3.05) is 4.90 Å². The second-order valence-corrected chi connectivity index (χ2v) is 16.1. The van der Waals surface area contributed by atoms with Crippen LogP contribution in [0.1, 0.15) is 17.9 Å². The molecule has 61 heavy (non-hydrogen) atoms. The third kappa shape index (κ3) is 5.97. The maximum absolute atomic E-state index is 6.79. The van der Waals surface area contributed by atoms with Gasteiger partial charge >= 0.3 is 0 Å². The van der Waals surface area contributed by atoms with Crippen LogP contribution in [-0.4, -0.2) is 4.57 Å². The highest BCUT2D eigenvalue weighted by Gasteiger charge is 2.23. The molecule has 1 unspecified atom stereocenters. The molecule has 0 radical (unpaired) electrons. The SMILES string of the molecule is C1=CC(c2ccc(N(c3ccc(-c4ccccc4)cc3)c3ccccc3-c3cccc4c3oc3cc5ccccc5cc34)cc2)CC(n2c3ccccc3c3ccccc32)=C1. The van der Waals surface area contributed by atoms with Gasteiger partial charge in [0.1, 0.15) is 11.2 Å². The van der Waals surface area contributed by atoms with E-state index in [-0.39, 0.29) is 5.92 Å². The summed E-state index contributed by atoms with van der Waals surface area (Å²) >= 11 is 0. The van der Waals surface area contributed by atoms with Gasteiger partial charge < -0.3 is 13.9 Å². The molecular formula is C58H40N2O. The number of para-hydroxylation sites is 4. The quantitative estimate of drug-likeness (QED) is 0.161. The van der Waals surface area contributed by atoms with E-state index in [1.807, 2.05) is 0 Å². The topological polar surface area (TPSA) is 21.3 Å². The van der Waals surface area contributed by atoms with Crippen molar-refractivity contribution >= 4 is 77.3 Å². The molecule has 1 atom stereocenters. The molecule has 3 heteroatoms. The number of aromatic nitrogens is 1. The lowest BCUT2D eigenvalue weighted by Gasteiger charge is -2.29. The molecule has 0 saturated heterocycles. The summed E-state index contributed by atoms with van der Waals surface area (Å²) in [5.41, 5.74) is 14.7. The fourth-order valence-electron chi connectivity index (χ4n) is 9.61. The Bertz CT molecular complexity index is 3440. The third-order valence-electron chi connectivity index (χ3n) is 12.5. The van der Waals surface area contributed by atoms with Gasteiger partial charge in [-0.15, -0.1) is 0 Å². The predicted octanol–water partition coefficient (Wildman–Crippen LogP) is 16.2. The summed E-state index contributed by atoms with van der Waals surface area (Å²) in [5, 5.41) is 7.21. The molecule has 288 valence electrons. The van der Waals surface area contributed by atoms with Crippen molar-refractivity contribution in [3.63, 3.8) is 0 Å². The maximum atomic E-state index is 6.79. The van der Waals surface area contributed by atoms with E-state index in [4.69, 9.17) is 4.42 Å². The van der Waals surface area contributed by atoms with Crippen LogP contribution in [0.2, 0.25) is 0 Å². The van der Waals surface area contributed by atoms with Crippen molar-refractivity contribution in [2.24, 2.45) is 0 Å². The van der Waals surface area contributed by atoms with Gasteiger partial charge in [-0.1, -0.05) is 164 Å². The van der Waals surface area contributed by atoms with Crippen molar-refractivity contribution in [1.82, 2.24) is 4.57 Å². The Kier molecular flexibility index (Phi) is 8.31. The molecule has 3 nitrogen and oxygen atoms in total. The fraction of sp³-hybridized carbons (Fsp3) is 0.0345. The number of nitrogens with zero attached hydrogens (tertiary/aromatic N) is 2. The van der Waals surface area contributed by atoms with Gasteiger partial charge in [0.05, 0.1) is 16.7 Å². The monoisotopic (exact) mass is 780 g/mol. The molecule has 0 N–H and O–H groups in total. The number of benzene rings is 9. The third-order valence-corrected chi connectivity index (χ3v) is 12.5. The molecule has 9 aromatic carbocycles. The first-order chi connectivity index (χ1) is 30.2. The molecule has 0 fully saturated rings. The summed E-state index contributed by atoms with van der Waals surface area (Å²) < 4.78 is 9.25. The molecule has 2 heterocycles. The average Bonchev–Trinajstić information content (AvgIpc) is 3.87. The molecular weight excluding hydrogens is 741 g/mol. The molecule has 1 aliphatic rings. The predicted molar refractivity (Wildman–Crippen MR) is 257 cm³/mol. The molecule has 0 amide bonds. The minimum Gasteiger partial charge on any atom is -0.455 e. The number of hydrogen-bond donors (Lipinski definition) is 0. The smallest absolute Gasteiger partial charge is 0.143 e. The van der Waals surface area contributed by atoms with Gasteiger partial charge in [-0.3, -0.25) is 0 Å². The van der Waals surface area contributed by atoms with Crippen LogP contribution in [-0.2, 0) is 0 Å². The van der Waals surface area contributed by atoms with E-state index >= 15 is 0 Å². The average molecular weight is 781 g/mol. The molecule has 1 aliphatic carbocycles. The van der Waals surface area contributed by atoms with Crippen LogP contribution in [0.4, 0.5) is 17.1 Å². The summed E-state index contributed by atoms with van der Waals surface area (Å²) in [6.07, 6.45) is 7.77. The maximum Gasteiger partial charge on any atom is 0.143 e. The summed E-state index contributed by atoms with van der Waals surface area (Å²) in [5.74, 6) is 0.238.